The van der Waals surface area contributed by atoms with E-state index in [1.54, 1.807) is 0 Å². The van der Waals surface area contributed by atoms with Crippen LogP contribution in [-0.4, -0.2) is 130 Å². The minimum absolute atomic E-state index is 0.278. The van der Waals surface area contributed by atoms with E-state index in [4.69, 9.17) is 65.0 Å². The molecule has 0 unspecified atom stereocenters. The molecule has 21 heteroatoms. The van der Waals surface area contributed by atoms with Gasteiger partial charge in [-0.2, -0.15) is 0 Å². The Balaban J connectivity index is -0.000000156. The molecule has 0 aliphatic carbocycles. The Hall–Kier alpha value is -3.54. The average Bonchev–Trinajstić information content (AvgIpc) is 2.96. The molecule has 21 nitrogen and oxygen atoms in total. The molecule has 0 aromatic heterocycles. The van der Waals surface area contributed by atoms with Crippen molar-refractivity contribution in [2.45, 2.75) is 75.7 Å². The van der Waals surface area contributed by atoms with E-state index >= 15 is 0 Å². The zero-order chi connectivity index (χ0) is 35.8. The Labute approximate surface area is 254 Å². The average molecular weight is 649 g/mol. The number of aliphatic carboxylic acids is 5. The number of rotatable bonds is 17. The molecule has 0 radical (unpaired) electrons. The highest BCUT2D eigenvalue weighted by Crippen LogP contribution is 2.00. The lowest BCUT2D eigenvalue weighted by atomic mass is 10.1. The Morgan fingerprint density at radius 1 is 0.591 bits per heavy atom. The van der Waals surface area contributed by atoms with E-state index in [0.717, 1.165) is 25.7 Å². The molecule has 22 N–H and O–H groups in total. The quantitative estimate of drug-likeness (QED) is 0.0517. The van der Waals surface area contributed by atoms with Gasteiger partial charge in [-0.25, -0.2) is 0 Å². The van der Waals surface area contributed by atoms with Crippen molar-refractivity contribution in [3.05, 3.63) is 0 Å². The van der Waals surface area contributed by atoms with Crippen molar-refractivity contribution in [2.75, 3.05) is 32.8 Å². The normalized spacial score (nSPS) is 13.0. The number of hydrogen-bond donors (Lipinski definition) is 14. The van der Waals surface area contributed by atoms with Gasteiger partial charge in [0.15, 0.2) is 0 Å². The fourth-order valence-electron chi connectivity index (χ4n) is 1.82. The largest absolute Gasteiger partial charge is 0.480 e. The van der Waals surface area contributed by atoms with Gasteiger partial charge in [0, 0.05) is 0 Å². The van der Waals surface area contributed by atoms with Crippen LogP contribution in [-0.2, 0) is 33.5 Å². The van der Waals surface area contributed by atoms with Crippen molar-refractivity contribution in [2.24, 2.45) is 45.9 Å². The summed E-state index contributed by atoms with van der Waals surface area (Å²) in [5.41, 5.74) is 40.4. The van der Waals surface area contributed by atoms with E-state index in [2.05, 4.69) is 16.2 Å². The van der Waals surface area contributed by atoms with Crippen LogP contribution in [0.2, 0.25) is 0 Å². The van der Waals surface area contributed by atoms with Crippen LogP contribution in [0.1, 0.15) is 45.4 Å². The van der Waals surface area contributed by atoms with Gasteiger partial charge in [0.25, 0.3) is 0 Å². The molecule has 44 heavy (non-hydrogen) atoms. The fourth-order valence-corrected chi connectivity index (χ4v) is 1.82. The second-order valence-electron chi connectivity index (χ2n) is 8.50. The van der Waals surface area contributed by atoms with Crippen molar-refractivity contribution < 1.29 is 64.1 Å². The first-order valence-electron chi connectivity index (χ1n) is 13.1. The Bertz CT molecular complexity index is 777. The molecule has 0 aromatic rings. The van der Waals surface area contributed by atoms with E-state index in [-0.39, 0.29) is 19.7 Å². The van der Waals surface area contributed by atoms with E-state index in [1.165, 1.54) is 6.92 Å². The predicted molar refractivity (Wildman–Crippen MR) is 157 cm³/mol. The molecule has 0 amide bonds. The van der Waals surface area contributed by atoms with Crippen LogP contribution in [0.15, 0.2) is 0 Å². The first-order valence-corrected chi connectivity index (χ1v) is 13.1. The van der Waals surface area contributed by atoms with Crippen molar-refractivity contribution in [1.82, 2.24) is 0 Å². The number of aliphatic hydroxyl groups is 1. The number of carbonyl (C=O) groups excluding carboxylic acids is 1. The third-order valence-electron chi connectivity index (χ3n) is 4.43. The number of unbranched alkanes of at least 4 members (excludes halogenated alkanes) is 2. The fraction of sp³-hybridized carbons (Fsp3) is 0.739. The highest BCUT2D eigenvalue weighted by atomic mass is 16.5. The van der Waals surface area contributed by atoms with Gasteiger partial charge >= 0.3 is 35.8 Å². The summed E-state index contributed by atoms with van der Waals surface area (Å²) in [5, 5.41) is 48.5. The lowest BCUT2D eigenvalue weighted by Gasteiger charge is -2.12. The zero-order valence-corrected chi connectivity index (χ0v) is 24.8. The summed E-state index contributed by atoms with van der Waals surface area (Å²) in [4.78, 5) is 60.0. The van der Waals surface area contributed by atoms with Crippen molar-refractivity contribution >= 4 is 35.8 Å². The van der Waals surface area contributed by atoms with Crippen LogP contribution in [0.25, 0.3) is 0 Å². The van der Waals surface area contributed by atoms with E-state index in [9.17, 15) is 28.8 Å². The monoisotopic (exact) mass is 648 g/mol. The highest BCUT2D eigenvalue weighted by molar-refractivity contribution is 5.77. The number of ether oxygens (including phenoxy) is 1. The smallest absolute Gasteiger partial charge is 0.324 e. The molecule has 0 spiro atoms. The molecular weight excluding hydrogens is 596 g/mol. The number of carboxylic acids is 5. The van der Waals surface area contributed by atoms with Crippen molar-refractivity contribution in [3.8, 4) is 0 Å². The number of esters is 1. The molecular formula is C23H52N8O13. The number of hydrogen-bond acceptors (Lipinski definition) is 16. The molecule has 262 valence electrons. The SMILES string of the molecule is C[C@@H](O)[C@H](N)C(=O)O.NCC(=O)O.NCC(=O)O.NCCCC[C@H](N)C(=O)O.NCCCC[C@H](N)C(=O)OC[C@H](N)C(=O)O. The molecule has 0 saturated carbocycles. The van der Waals surface area contributed by atoms with Crippen LogP contribution in [0, 0.1) is 0 Å². The van der Waals surface area contributed by atoms with E-state index in [0.29, 0.717) is 25.9 Å². The lowest BCUT2D eigenvalue weighted by molar-refractivity contribution is -0.149. The van der Waals surface area contributed by atoms with Crippen molar-refractivity contribution in [3.63, 3.8) is 0 Å². The van der Waals surface area contributed by atoms with Crippen LogP contribution < -0.4 is 45.9 Å². The van der Waals surface area contributed by atoms with Gasteiger partial charge in [0.2, 0.25) is 0 Å². The maximum Gasteiger partial charge on any atom is 0.324 e. The molecule has 0 aliphatic rings. The molecule has 5 atom stereocenters. The van der Waals surface area contributed by atoms with Gasteiger partial charge in [-0.15, -0.1) is 0 Å². The van der Waals surface area contributed by atoms with Gasteiger partial charge in [-0.1, -0.05) is 12.8 Å². The van der Waals surface area contributed by atoms with E-state index < -0.39 is 66.1 Å². The number of carboxylic acid groups (broad SMARTS) is 5. The number of nitrogens with two attached hydrogens (primary N) is 8. The van der Waals surface area contributed by atoms with Crippen molar-refractivity contribution in [1.29, 1.82) is 0 Å². The van der Waals surface area contributed by atoms with Gasteiger partial charge in [0.1, 0.15) is 30.8 Å². The highest BCUT2D eigenvalue weighted by Gasteiger charge is 2.19. The van der Waals surface area contributed by atoms with Gasteiger partial charge in [0.05, 0.1) is 19.2 Å². The minimum Gasteiger partial charge on any atom is -0.480 e. The van der Waals surface area contributed by atoms with E-state index in [1.807, 2.05) is 0 Å². The predicted octanol–water partition coefficient (Wildman–Crippen LogP) is -5.24. The first kappa shape index (κ1) is 50.1. The summed E-state index contributed by atoms with van der Waals surface area (Å²) in [6.45, 7) is 1.57. The van der Waals surface area contributed by atoms with Gasteiger partial charge < -0.3 is 81.2 Å². The molecule has 0 rings (SSSR count). The lowest BCUT2D eigenvalue weighted by Crippen LogP contribution is -2.39. The standard InChI is InChI=1S/C9H19N3O4.C6H14N2O2.C4H9NO3.2C2H5NO2/c10-4-2-1-3-6(11)9(15)16-5-7(12)8(13)14;7-4-2-1-3-5(8)6(9)10;1-2(6)3(5)4(7)8;2*3-1-2(4)5/h6-7H,1-5,10-12H2,(H,13,14);5H,1-4,7-8H2,(H,9,10);2-3,6H,5H2,1H3,(H,7,8);2*1,3H2,(H,4,5)/t6-,7-;5-;2-,3+;;/m001../s1. The Kier molecular flexibility index (Phi) is 38.7. The Morgan fingerprint density at radius 3 is 1.16 bits per heavy atom. The van der Waals surface area contributed by atoms with Crippen LogP contribution in [0.4, 0.5) is 0 Å². The first-order chi connectivity index (χ1) is 20.3. The second kappa shape index (κ2) is 34.0. The third-order valence-corrected chi connectivity index (χ3v) is 4.43. The number of carbonyl (C=O) groups is 6. The Morgan fingerprint density at radius 2 is 0.932 bits per heavy atom. The summed E-state index contributed by atoms with van der Waals surface area (Å²) in [6.07, 6.45) is 3.18. The molecule has 0 aliphatic heterocycles. The summed E-state index contributed by atoms with van der Waals surface area (Å²) >= 11 is 0. The second-order valence-corrected chi connectivity index (χ2v) is 8.50. The molecule has 0 aromatic carbocycles. The van der Waals surface area contributed by atoms with Crippen LogP contribution in [0.5, 0.6) is 0 Å². The summed E-state index contributed by atoms with van der Waals surface area (Å²) in [7, 11) is 0. The summed E-state index contributed by atoms with van der Waals surface area (Å²) in [6, 6.07) is -3.82. The maximum absolute atomic E-state index is 11.2. The molecule has 0 heterocycles. The van der Waals surface area contributed by atoms with Gasteiger partial charge in [-0.3, -0.25) is 28.8 Å². The number of aliphatic hydroxyl groups excluding tert-OH is 1. The molecule has 0 bridgehead atoms. The van der Waals surface area contributed by atoms with Crippen LogP contribution >= 0.6 is 0 Å². The zero-order valence-electron chi connectivity index (χ0n) is 24.8. The maximum atomic E-state index is 11.2. The van der Waals surface area contributed by atoms with Gasteiger partial charge in [-0.05, 0) is 45.7 Å². The molecule has 0 saturated heterocycles. The third kappa shape index (κ3) is 42.9. The minimum atomic E-state index is -1.22. The molecule has 0 fully saturated rings. The van der Waals surface area contributed by atoms with Crippen LogP contribution in [0.3, 0.4) is 0 Å². The summed E-state index contributed by atoms with van der Waals surface area (Å²) in [5.74, 6) is -5.90. The summed E-state index contributed by atoms with van der Waals surface area (Å²) < 4.78 is 4.66. The topological polar surface area (TPSA) is 441 Å².